The van der Waals surface area contributed by atoms with Crippen LogP contribution >= 0.6 is 23.1 Å². The fourth-order valence-corrected chi connectivity index (χ4v) is 3.18. The number of carbonyl (C=O) groups is 2. The highest BCUT2D eigenvalue weighted by Crippen LogP contribution is 2.29. The van der Waals surface area contributed by atoms with Crippen molar-refractivity contribution in [2.45, 2.75) is 6.54 Å². The molecule has 0 unspecified atom stereocenters. The average Bonchev–Trinajstić information content (AvgIpc) is 3.10. The van der Waals surface area contributed by atoms with Gasteiger partial charge >= 0.3 is 0 Å². The summed E-state index contributed by atoms with van der Waals surface area (Å²) in [4.78, 5) is 34.6. The molecule has 2 aromatic rings. The number of nitrogens with zero attached hydrogens (tertiary/aromatic N) is 3. The number of carbonyl (C=O) groups excluding carboxylic acids is 2. The SMILES string of the molecule is CSCCNC(=O)c1cnc2c(c1)N(Cc1cscn1)C(=O)CN2. The van der Waals surface area contributed by atoms with E-state index in [1.807, 2.05) is 11.6 Å². The molecule has 0 saturated carbocycles. The summed E-state index contributed by atoms with van der Waals surface area (Å²) in [6, 6.07) is 1.70. The molecule has 0 atom stereocenters. The molecule has 0 saturated heterocycles. The van der Waals surface area contributed by atoms with Crippen LogP contribution in [0.1, 0.15) is 16.1 Å². The Morgan fingerprint density at radius 3 is 3.12 bits per heavy atom. The number of thiazole rings is 1. The molecular weight excluding hydrogens is 346 g/mol. The number of pyridine rings is 1. The first-order chi connectivity index (χ1) is 11.7. The van der Waals surface area contributed by atoms with Crippen LogP contribution in [-0.4, -0.2) is 46.9 Å². The lowest BCUT2D eigenvalue weighted by Crippen LogP contribution is -2.40. The van der Waals surface area contributed by atoms with E-state index in [-0.39, 0.29) is 18.4 Å². The number of thioether (sulfide) groups is 1. The summed E-state index contributed by atoms with van der Waals surface area (Å²) in [6.07, 6.45) is 3.51. The fraction of sp³-hybridized carbons (Fsp3) is 0.333. The summed E-state index contributed by atoms with van der Waals surface area (Å²) in [6.45, 7) is 1.15. The summed E-state index contributed by atoms with van der Waals surface area (Å²) >= 11 is 3.15. The minimum atomic E-state index is -0.189. The maximum atomic E-state index is 12.3. The largest absolute Gasteiger partial charge is 0.359 e. The lowest BCUT2D eigenvalue weighted by atomic mass is 10.2. The van der Waals surface area contributed by atoms with Crippen LogP contribution in [0.3, 0.4) is 0 Å². The lowest BCUT2D eigenvalue weighted by Gasteiger charge is -2.29. The monoisotopic (exact) mass is 363 g/mol. The maximum Gasteiger partial charge on any atom is 0.252 e. The van der Waals surface area contributed by atoms with Gasteiger partial charge in [0, 0.05) is 23.9 Å². The topological polar surface area (TPSA) is 87.2 Å². The van der Waals surface area contributed by atoms with E-state index in [0.29, 0.717) is 30.2 Å². The third-order valence-electron chi connectivity index (χ3n) is 3.52. The number of fused-ring (bicyclic) bond motifs is 1. The van der Waals surface area contributed by atoms with E-state index in [1.54, 1.807) is 28.2 Å². The Kier molecular flexibility index (Phi) is 5.31. The molecule has 3 heterocycles. The second-order valence-corrected chi connectivity index (χ2v) is 6.86. The Morgan fingerprint density at radius 2 is 2.38 bits per heavy atom. The third-order valence-corrected chi connectivity index (χ3v) is 4.77. The van der Waals surface area contributed by atoms with E-state index in [0.717, 1.165) is 11.4 Å². The summed E-state index contributed by atoms with van der Waals surface area (Å²) in [5.41, 5.74) is 3.60. The minimum absolute atomic E-state index is 0.0720. The first-order valence-electron chi connectivity index (χ1n) is 7.37. The number of amides is 2. The van der Waals surface area contributed by atoms with E-state index >= 15 is 0 Å². The van der Waals surface area contributed by atoms with Crippen molar-refractivity contribution in [1.29, 1.82) is 0 Å². The zero-order valence-corrected chi connectivity index (χ0v) is 14.7. The van der Waals surface area contributed by atoms with Crippen molar-refractivity contribution in [2.75, 3.05) is 35.3 Å². The molecule has 7 nitrogen and oxygen atoms in total. The smallest absolute Gasteiger partial charge is 0.252 e. The summed E-state index contributed by atoms with van der Waals surface area (Å²) in [7, 11) is 0. The van der Waals surface area contributed by atoms with Crippen molar-refractivity contribution in [1.82, 2.24) is 15.3 Å². The van der Waals surface area contributed by atoms with Gasteiger partial charge in [-0.05, 0) is 12.3 Å². The molecule has 0 aromatic carbocycles. The van der Waals surface area contributed by atoms with Crippen molar-refractivity contribution in [2.24, 2.45) is 0 Å². The Labute approximate surface area is 147 Å². The van der Waals surface area contributed by atoms with Gasteiger partial charge in [0.25, 0.3) is 5.91 Å². The molecule has 0 bridgehead atoms. The molecular formula is C15H17N5O2S2. The predicted molar refractivity (Wildman–Crippen MR) is 96.7 cm³/mol. The van der Waals surface area contributed by atoms with E-state index < -0.39 is 0 Å². The number of hydrogen-bond acceptors (Lipinski definition) is 7. The van der Waals surface area contributed by atoms with Gasteiger partial charge in [0.15, 0.2) is 5.82 Å². The molecule has 0 fully saturated rings. The van der Waals surface area contributed by atoms with Crippen LogP contribution in [0.5, 0.6) is 0 Å². The van der Waals surface area contributed by atoms with E-state index in [9.17, 15) is 9.59 Å². The van der Waals surface area contributed by atoms with Gasteiger partial charge in [-0.2, -0.15) is 11.8 Å². The quantitative estimate of drug-likeness (QED) is 0.758. The van der Waals surface area contributed by atoms with Crippen LogP contribution < -0.4 is 15.5 Å². The molecule has 0 spiro atoms. The molecule has 1 aliphatic heterocycles. The summed E-state index contributed by atoms with van der Waals surface area (Å²) in [5, 5.41) is 7.73. The lowest BCUT2D eigenvalue weighted by molar-refractivity contribution is -0.117. The summed E-state index contributed by atoms with van der Waals surface area (Å²) in [5.74, 6) is 1.19. The zero-order chi connectivity index (χ0) is 16.9. The Balaban J connectivity index is 1.83. The number of hydrogen-bond donors (Lipinski definition) is 2. The first kappa shape index (κ1) is 16.7. The standard InChI is InChI=1S/C15H17N5O2S2/c1-23-3-2-16-15(22)10-4-12-14(17-5-10)18-6-13(21)20(12)7-11-8-24-9-19-11/h4-5,8-9H,2-3,6-7H2,1H3,(H,16,22)(H,17,18). The molecule has 0 aliphatic carbocycles. The zero-order valence-electron chi connectivity index (χ0n) is 13.1. The van der Waals surface area contributed by atoms with Crippen LogP contribution in [0, 0.1) is 0 Å². The first-order valence-corrected chi connectivity index (χ1v) is 9.71. The highest BCUT2D eigenvalue weighted by atomic mass is 32.2. The predicted octanol–water partition coefficient (Wildman–Crippen LogP) is 1.59. The highest BCUT2D eigenvalue weighted by Gasteiger charge is 2.26. The molecule has 3 rings (SSSR count). The Hall–Kier alpha value is -2.13. The molecule has 126 valence electrons. The number of rotatable bonds is 6. The third kappa shape index (κ3) is 3.68. The molecule has 1 aliphatic rings. The minimum Gasteiger partial charge on any atom is -0.359 e. The second kappa shape index (κ2) is 7.63. The van der Waals surface area contributed by atoms with Gasteiger partial charge in [0.2, 0.25) is 5.91 Å². The fourth-order valence-electron chi connectivity index (χ4n) is 2.33. The van der Waals surface area contributed by atoms with Crippen LogP contribution in [0.2, 0.25) is 0 Å². The molecule has 2 N–H and O–H groups in total. The normalized spacial score (nSPS) is 13.4. The van der Waals surface area contributed by atoms with Gasteiger partial charge < -0.3 is 15.5 Å². The maximum absolute atomic E-state index is 12.3. The van der Waals surface area contributed by atoms with Crippen molar-refractivity contribution in [3.63, 3.8) is 0 Å². The van der Waals surface area contributed by atoms with Gasteiger partial charge in [-0.15, -0.1) is 11.3 Å². The van der Waals surface area contributed by atoms with Gasteiger partial charge in [-0.1, -0.05) is 0 Å². The molecule has 9 heteroatoms. The number of anilines is 2. The molecule has 0 radical (unpaired) electrons. The van der Waals surface area contributed by atoms with Gasteiger partial charge in [0.05, 0.1) is 35.5 Å². The van der Waals surface area contributed by atoms with Crippen LogP contribution in [0.15, 0.2) is 23.2 Å². The van der Waals surface area contributed by atoms with Gasteiger partial charge in [-0.25, -0.2) is 9.97 Å². The molecule has 2 amide bonds. The van der Waals surface area contributed by atoms with E-state index in [1.165, 1.54) is 17.5 Å². The van der Waals surface area contributed by atoms with Crippen LogP contribution in [0.4, 0.5) is 11.5 Å². The van der Waals surface area contributed by atoms with Crippen molar-refractivity contribution < 1.29 is 9.59 Å². The van der Waals surface area contributed by atoms with Crippen LogP contribution in [0.25, 0.3) is 0 Å². The number of aromatic nitrogens is 2. The van der Waals surface area contributed by atoms with E-state index in [2.05, 4.69) is 20.6 Å². The average molecular weight is 363 g/mol. The highest BCUT2D eigenvalue weighted by molar-refractivity contribution is 7.98. The molecule has 24 heavy (non-hydrogen) atoms. The Bertz CT molecular complexity index is 735. The van der Waals surface area contributed by atoms with E-state index in [4.69, 9.17) is 0 Å². The second-order valence-electron chi connectivity index (χ2n) is 5.15. The Morgan fingerprint density at radius 1 is 1.50 bits per heavy atom. The molecule has 2 aromatic heterocycles. The van der Waals surface area contributed by atoms with Crippen molar-refractivity contribution >= 4 is 46.4 Å². The summed E-state index contributed by atoms with van der Waals surface area (Å²) < 4.78 is 0. The van der Waals surface area contributed by atoms with Gasteiger partial charge in [0.1, 0.15) is 0 Å². The van der Waals surface area contributed by atoms with Crippen LogP contribution in [-0.2, 0) is 11.3 Å². The number of nitrogens with one attached hydrogen (secondary N) is 2. The van der Waals surface area contributed by atoms with Crippen molar-refractivity contribution in [3.8, 4) is 0 Å². The van der Waals surface area contributed by atoms with Gasteiger partial charge in [-0.3, -0.25) is 9.59 Å². The van der Waals surface area contributed by atoms with Crippen molar-refractivity contribution in [3.05, 3.63) is 34.4 Å².